The fourth-order valence-electron chi connectivity index (χ4n) is 3.68. The van der Waals surface area contributed by atoms with E-state index < -0.39 is 0 Å². The second-order valence-electron chi connectivity index (χ2n) is 6.75. The molecule has 1 amide bonds. The molecule has 1 fully saturated rings. The van der Waals surface area contributed by atoms with Gasteiger partial charge in [0.1, 0.15) is 0 Å². The lowest BCUT2D eigenvalue weighted by Crippen LogP contribution is -2.43. The van der Waals surface area contributed by atoms with E-state index in [2.05, 4.69) is 37.9 Å². The number of carbonyl (C=O) groups is 1. The monoisotopic (exact) mass is 314 g/mol. The number of nitrogens with zero attached hydrogens (tertiary/aromatic N) is 1. The number of rotatable bonds is 3. The van der Waals surface area contributed by atoms with Crippen molar-refractivity contribution >= 4 is 16.8 Å². The van der Waals surface area contributed by atoms with Gasteiger partial charge in [-0.15, -0.1) is 0 Å². The highest BCUT2D eigenvalue weighted by Gasteiger charge is 2.24. The summed E-state index contributed by atoms with van der Waals surface area (Å²) in [6.07, 6.45) is 2.71. The summed E-state index contributed by atoms with van der Waals surface area (Å²) < 4.78 is 5.43. The number of amides is 1. The number of fused-ring (bicyclic) bond motifs is 1. The molecule has 0 aliphatic carbocycles. The van der Waals surface area contributed by atoms with Crippen LogP contribution in [-0.2, 0) is 16.0 Å². The van der Waals surface area contributed by atoms with E-state index in [0.717, 1.165) is 42.7 Å². The Morgan fingerprint density at radius 2 is 2.13 bits per heavy atom. The average molecular weight is 314 g/mol. The number of aromatic amines is 1. The summed E-state index contributed by atoms with van der Waals surface area (Å²) in [5.74, 6) is 0.204. The summed E-state index contributed by atoms with van der Waals surface area (Å²) in [5, 5.41) is 1.19. The number of aryl methyl sites for hydroxylation is 3. The van der Waals surface area contributed by atoms with Gasteiger partial charge in [0.05, 0.1) is 12.5 Å². The van der Waals surface area contributed by atoms with Crippen LogP contribution in [0.5, 0.6) is 0 Å². The van der Waals surface area contributed by atoms with E-state index >= 15 is 0 Å². The van der Waals surface area contributed by atoms with Gasteiger partial charge < -0.3 is 14.6 Å². The van der Waals surface area contributed by atoms with Crippen molar-refractivity contribution in [1.29, 1.82) is 0 Å². The second-order valence-corrected chi connectivity index (χ2v) is 6.75. The van der Waals surface area contributed by atoms with E-state index in [1.54, 1.807) is 7.11 Å². The highest BCUT2D eigenvalue weighted by Crippen LogP contribution is 2.27. The van der Waals surface area contributed by atoms with E-state index in [4.69, 9.17) is 4.74 Å². The molecule has 1 aromatic heterocycles. The molecule has 0 saturated carbocycles. The molecule has 3 rings (SSSR count). The molecular formula is C19H26N2O2. The first-order chi connectivity index (χ1) is 11.0. The zero-order valence-corrected chi connectivity index (χ0v) is 14.5. The van der Waals surface area contributed by atoms with Gasteiger partial charge in [0, 0.05) is 36.8 Å². The Bertz CT molecular complexity index is 733. The third kappa shape index (κ3) is 3.13. The minimum absolute atomic E-state index is 0.182. The molecular weight excluding hydrogens is 288 g/mol. The maximum absolute atomic E-state index is 12.7. The Hall–Kier alpha value is -1.81. The number of piperidine rings is 1. The molecule has 124 valence electrons. The Morgan fingerprint density at radius 3 is 2.87 bits per heavy atom. The summed E-state index contributed by atoms with van der Waals surface area (Å²) in [7, 11) is 1.73. The van der Waals surface area contributed by atoms with Gasteiger partial charge >= 0.3 is 0 Å². The van der Waals surface area contributed by atoms with Gasteiger partial charge in [-0.25, -0.2) is 0 Å². The van der Waals surface area contributed by atoms with Gasteiger partial charge in [0.15, 0.2) is 0 Å². The fourth-order valence-corrected chi connectivity index (χ4v) is 3.68. The van der Waals surface area contributed by atoms with Crippen molar-refractivity contribution in [3.8, 4) is 0 Å². The van der Waals surface area contributed by atoms with Crippen LogP contribution < -0.4 is 0 Å². The smallest absolute Gasteiger partial charge is 0.227 e. The number of aromatic nitrogens is 1. The van der Waals surface area contributed by atoms with Crippen LogP contribution in [0.15, 0.2) is 12.1 Å². The largest absolute Gasteiger partial charge is 0.380 e. The molecule has 1 aliphatic rings. The number of benzene rings is 1. The molecule has 23 heavy (non-hydrogen) atoms. The Labute approximate surface area is 137 Å². The van der Waals surface area contributed by atoms with E-state index in [1.165, 1.54) is 16.5 Å². The van der Waals surface area contributed by atoms with Crippen LogP contribution in [-0.4, -0.2) is 42.1 Å². The second kappa shape index (κ2) is 6.36. The molecule has 0 radical (unpaired) electrons. The molecule has 1 N–H and O–H groups in total. The van der Waals surface area contributed by atoms with Crippen molar-refractivity contribution in [3.05, 3.63) is 34.5 Å². The van der Waals surface area contributed by atoms with E-state index in [1.807, 2.05) is 4.90 Å². The Kier molecular flexibility index (Phi) is 4.44. The summed E-state index contributed by atoms with van der Waals surface area (Å²) >= 11 is 0. The number of likely N-dealkylation sites (tertiary alicyclic amines) is 1. The average Bonchev–Trinajstić information content (AvgIpc) is 2.84. The predicted octanol–water partition coefficient (Wildman–Crippen LogP) is 3.27. The van der Waals surface area contributed by atoms with Crippen molar-refractivity contribution in [2.75, 3.05) is 20.2 Å². The molecule has 1 saturated heterocycles. The minimum atomic E-state index is 0.182. The number of ether oxygens (including phenoxy) is 1. The third-order valence-corrected chi connectivity index (χ3v) is 4.96. The number of methoxy groups -OCH3 is 1. The molecule has 0 bridgehead atoms. The summed E-state index contributed by atoms with van der Waals surface area (Å²) in [4.78, 5) is 18.2. The van der Waals surface area contributed by atoms with Crippen LogP contribution in [0.4, 0.5) is 0 Å². The van der Waals surface area contributed by atoms with Crippen LogP contribution >= 0.6 is 0 Å². The summed E-state index contributed by atoms with van der Waals surface area (Å²) in [6, 6.07) is 4.36. The SMILES string of the molecule is CO[C@H]1CCCN(C(=O)Cc2c(C)[nH]c3c(C)cc(C)cc23)C1. The van der Waals surface area contributed by atoms with E-state index in [0.29, 0.717) is 6.42 Å². The maximum Gasteiger partial charge on any atom is 0.227 e. The Balaban J connectivity index is 1.86. The molecule has 0 unspecified atom stereocenters. The number of nitrogens with one attached hydrogen (secondary N) is 1. The molecule has 4 nitrogen and oxygen atoms in total. The normalized spacial score (nSPS) is 18.6. The van der Waals surface area contributed by atoms with Gasteiger partial charge in [0.2, 0.25) is 5.91 Å². The molecule has 2 aromatic rings. The van der Waals surface area contributed by atoms with E-state index in [-0.39, 0.29) is 12.0 Å². The topological polar surface area (TPSA) is 45.3 Å². The number of hydrogen-bond donors (Lipinski definition) is 1. The van der Waals surface area contributed by atoms with Gasteiger partial charge in [-0.3, -0.25) is 4.79 Å². The standard InChI is InChI=1S/C19H26N2O2/c1-12-8-13(2)19-17(9-12)16(14(3)20-19)10-18(22)21-7-5-6-15(11-21)23-4/h8-9,15,20H,5-7,10-11H2,1-4H3/t15-/m0/s1. The van der Waals surface area contributed by atoms with Crippen molar-refractivity contribution in [1.82, 2.24) is 9.88 Å². The van der Waals surface area contributed by atoms with Gasteiger partial charge in [-0.05, 0) is 50.8 Å². The summed E-state index contributed by atoms with van der Waals surface area (Å²) in [5.41, 5.74) is 5.86. The zero-order chi connectivity index (χ0) is 16.6. The highest BCUT2D eigenvalue weighted by molar-refractivity contribution is 5.92. The Morgan fingerprint density at radius 1 is 1.35 bits per heavy atom. The third-order valence-electron chi connectivity index (χ3n) is 4.96. The molecule has 1 aromatic carbocycles. The van der Waals surface area contributed by atoms with Gasteiger partial charge in [-0.1, -0.05) is 11.6 Å². The van der Waals surface area contributed by atoms with E-state index in [9.17, 15) is 4.79 Å². The lowest BCUT2D eigenvalue weighted by molar-refractivity contribution is -0.134. The van der Waals surface area contributed by atoms with Crippen LogP contribution in [0.1, 0.15) is 35.2 Å². The lowest BCUT2D eigenvalue weighted by atomic mass is 10.0. The van der Waals surface area contributed by atoms with Gasteiger partial charge in [0.25, 0.3) is 0 Å². The number of H-pyrrole nitrogens is 1. The van der Waals surface area contributed by atoms with Crippen molar-refractivity contribution in [2.45, 2.75) is 46.1 Å². The molecule has 0 spiro atoms. The van der Waals surface area contributed by atoms with Crippen molar-refractivity contribution < 1.29 is 9.53 Å². The zero-order valence-electron chi connectivity index (χ0n) is 14.5. The fraction of sp³-hybridized carbons (Fsp3) is 0.526. The van der Waals surface area contributed by atoms with Crippen LogP contribution in [0.3, 0.4) is 0 Å². The number of carbonyl (C=O) groups excluding carboxylic acids is 1. The van der Waals surface area contributed by atoms with Crippen LogP contribution in [0, 0.1) is 20.8 Å². The van der Waals surface area contributed by atoms with Crippen LogP contribution in [0.2, 0.25) is 0 Å². The first-order valence-electron chi connectivity index (χ1n) is 8.38. The predicted molar refractivity (Wildman–Crippen MR) is 92.8 cm³/mol. The molecule has 2 heterocycles. The summed E-state index contributed by atoms with van der Waals surface area (Å²) in [6.45, 7) is 7.84. The van der Waals surface area contributed by atoms with Crippen LogP contribution in [0.25, 0.3) is 10.9 Å². The lowest BCUT2D eigenvalue weighted by Gasteiger charge is -2.32. The first-order valence-corrected chi connectivity index (χ1v) is 8.38. The minimum Gasteiger partial charge on any atom is -0.380 e. The number of hydrogen-bond acceptors (Lipinski definition) is 2. The van der Waals surface area contributed by atoms with Gasteiger partial charge in [-0.2, -0.15) is 0 Å². The molecule has 1 atom stereocenters. The quantitative estimate of drug-likeness (QED) is 0.945. The molecule has 1 aliphatic heterocycles. The van der Waals surface area contributed by atoms with Crippen molar-refractivity contribution in [2.24, 2.45) is 0 Å². The maximum atomic E-state index is 12.7. The van der Waals surface area contributed by atoms with Crippen molar-refractivity contribution in [3.63, 3.8) is 0 Å². The molecule has 4 heteroatoms. The first kappa shape index (κ1) is 16.1. The highest BCUT2D eigenvalue weighted by atomic mass is 16.5.